The lowest BCUT2D eigenvalue weighted by Gasteiger charge is -2.29. The molecule has 0 saturated carbocycles. The van der Waals surface area contributed by atoms with Crippen molar-refractivity contribution >= 4 is 46.0 Å². The van der Waals surface area contributed by atoms with Gasteiger partial charge in [0.1, 0.15) is 10.9 Å². The van der Waals surface area contributed by atoms with E-state index in [-0.39, 0.29) is 14.8 Å². The zero-order valence-electron chi connectivity index (χ0n) is 13.2. The number of nitrogens with one attached hydrogen (secondary N) is 1. The lowest BCUT2D eigenvalue weighted by atomic mass is 10.1. The number of hydrazine groups is 1. The largest absolute Gasteiger partial charge is 0.406 e. The maximum atomic E-state index is 13.3. The van der Waals surface area contributed by atoms with Crippen LogP contribution in [0.2, 0.25) is 5.02 Å². The Kier molecular flexibility index (Phi) is 6.26. The van der Waals surface area contributed by atoms with Crippen LogP contribution in [0.25, 0.3) is 0 Å². The Balaban J connectivity index is 2.13. The zero-order valence-corrected chi connectivity index (χ0v) is 15.6. The molecule has 0 bridgehead atoms. The highest BCUT2D eigenvalue weighted by atomic mass is 35.5. The Hall–Kier alpha value is -1.42. The lowest BCUT2D eigenvalue weighted by Crippen LogP contribution is -2.53. The topological polar surface area (TPSA) is 49.4 Å². The molecule has 136 valence electrons. The average Bonchev–Trinajstić information content (AvgIpc) is 3.14. The van der Waals surface area contributed by atoms with E-state index in [0.29, 0.717) is 10.6 Å². The van der Waals surface area contributed by atoms with Crippen LogP contribution in [0.4, 0.5) is 13.2 Å². The molecule has 2 rings (SSSR count). The number of rotatable bonds is 6. The summed E-state index contributed by atoms with van der Waals surface area (Å²) >= 11 is 8.08. The number of nitrogens with zero attached hydrogens (tertiary/aromatic N) is 1. The molecule has 25 heavy (non-hydrogen) atoms. The number of aryl methyl sites for hydroxylation is 1. The summed E-state index contributed by atoms with van der Waals surface area (Å²) in [6.07, 6.45) is -5.48. The molecule has 0 aliphatic rings. The van der Waals surface area contributed by atoms with E-state index >= 15 is 0 Å². The fraction of sp³-hybridized carbons (Fsp3) is 0.333. The maximum Gasteiger partial charge on any atom is 0.406 e. The summed E-state index contributed by atoms with van der Waals surface area (Å²) in [5, 5.41) is 4.06. The van der Waals surface area contributed by atoms with Crippen molar-refractivity contribution in [1.82, 2.24) is 10.4 Å². The fourth-order valence-electron chi connectivity index (χ4n) is 2.06. The van der Waals surface area contributed by atoms with E-state index < -0.39 is 30.3 Å². The Labute approximate surface area is 155 Å². The van der Waals surface area contributed by atoms with Crippen molar-refractivity contribution in [3.63, 3.8) is 0 Å². The van der Waals surface area contributed by atoms with Gasteiger partial charge in [-0.05, 0) is 29.3 Å². The van der Waals surface area contributed by atoms with Gasteiger partial charge in [0.25, 0.3) is 5.91 Å². The molecular formula is C15H14ClF3N2O2S2. The number of thiophene rings is 2. The van der Waals surface area contributed by atoms with Gasteiger partial charge in [0.2, 0.25) is 0 Å². The molecule has 1 atom stereocenters. The van der Waals surface area contributed by atoms with E-state index in [1.165, 1.54) is 6.07 Å². The zero-order chi connectivity index (χ0) is 18.8. The minimum atomic E-state index is -4.69. The van der Waals surface area contributed by atoms with Gasteiger partial charge < -0.3 is 0 Å². The average molecular weight is 411 g/mol. The molecule has 4 nitrogen and oxygen atoms in total. The monoisotopic (exact) mass is 410 g/mol. The SMILES string of the molecule is Cc1csc(C(=O)NN(C)C(CC(=O)c2cccs2)C(F)(F)F)c1Cl. The Bertz CT molecular complexity index is 759. The normalized spacial score (nSPS) is 13.1. The molecule has 0 radical (unpaired) electrons. The molecule has 0 aromatic carbocycles. The summed E-state index contributed by atoms with van der Waals surface area (Å²) in [7, 11) is 1.08. The minimum Gasteiger partial charge on any atom is -0.293 e. The molecule has 1 amide bonds. The van der Waals surface area contributed by atoms with Crippen molar-refractivity contribution in [2.75, 3.05) is 7.05 Å². The highest BCUT2D eigenvalue weighted by Crippen LogP contribution is 2.29. The van der Waals surface area contributed by atoms with Crippen molar-refractivity contribution < 1.29 is 22.8 Å². The standard InChI is InChI=1S/C15H14ClF3N2O2S2/c1-8-7-25-13(12(8)16)14(23)20-21(2)11(15(17,18)19)6-9(22)10-4-3-5-24-10/h3-5,7,11H,6H2,1-2H3,(H,20,23). The molecule has 10 heteroatoms. The van der Waals surface area contributed by atoms with Crippen LogP contribution in [-0.2, 0) is 0 Å². The van der Waals surface area contributed by atoms with Crippen molar-refractivity contribution in [2.45, 2.75) is 25.6 Å². The molecule has 2 aromatic heterocycles. The first kappa shape index (κ1) is 19.9. The number of amides is 1. The van der Waals surface area contributed by atoms with Gasteiger partial charge in [-0.25, -0.2) is 5.01 Å². The van der Waals surface area contributed by atoms with E-state index in [4.69, 9.17) is 11.6 Å². The number of carbonyl (C=O) groups is 2. The van der Waals surface area contributed by atoms with Crippen molar-refractivity contribution in [3.8, 4) is 0 Å². The Morgan fingerprint density at radius 3 is 2.52 bits per heavy atom. The van der Waals surface area contributed by atoms with Crippen LogP contribution in [0, 0.1) is 6.92 Å². The van der Waals surface area contributed by atoms with Crippen molar-refractivity contribution in [3.05, 3.63) is 43.2 Å². The highest BCUT2D eigenvalue weighted by Gasteiger charge is 2.44. The van der Waals surface area contributed by atoms with E-state index in [1.807, 2.05) is 0 Å². The minimum absolute atomic E-state index is 0.122. The smallest absolute Gasteiger partial charge is 0.293 e. The van der Waals surface area contributed by atoms with E-state index in [1.54, 1.807) is 23.8 Å². The Morgan fingerprint density at radius 1 is 1.36 bits per heavy atom. The third kappa shape index (κ3) is 4.81. The first-order valence-corrected chi connectivity index (χ1v) is 9.15. The number of Topliss-reactive ketones (excluding diaryl/α,β-unsaturated/α-hetero) is 1. The number of hydrogen-bond acceptors (Lipinski definition) is 5. The fourth-order valence-corrected chi connectivity index (χ4v) is 3.90. The molecule has 0 fully saturated rings. The van der Waals surface area contributed by atoms with Gasteiger partial charge in [-0.2, -0.15) is 13.2 Å². The molecule has 2 heterocycles. The summed E-state index contributed by atoms with van der Waals surface area (Å²) in [6, 6.07) is 0.909. The second-order valence-electron chi connectivity index (χ2n) is 5.28. The van der Waals surface area contributed by atoms with Gasteiger partial charge in [-0.1, -0.05) is 17.7 Å². The molecule has 2 aromatic rings. The van der Waals surface area contributed by atoms with Gasteiger partial charge in [0, 0.05) is 13.5 Å². The number of carbonyl (C=O) groups excluding carboxylic acids is 2. The predicted molar refractivity (Wildman–Crippen MR) is 92.4 cm³/mol. The highest BCUT2D eigenvalue weighted by molar-refractivity contribution is 7.13. The Morgan fingerprint density at radius 2 is 2.04 bits per heavy atom. The molecule has 0 aliphatic carbocycles. The van der Waals surface area contributed by atoms with Gasteiger partial charge >= 0.3 is 6.18 Å². The number of ketones is 1. The summed E-state index contributed by atoms with van der Waals surface area (Å²) in [6.45, 7) is 1.69. The van der Waals surface area contributed by atoms with Crippen LogP contribution in [0.1, 0.15) is 31.3 Å². The van der Waals surface area contributed by atoms with Crippen LogP contribution < -0.4 is 5.43 Å². The van der Waals surface area contributed by atoms with Gasteiger partial charge in [0.05, 0.1) is 9.90 Å². The summed E-state index contributed by atoms with van der Waals surface area (Å²) < 4.78 is 40.0. The number of alkyl halides is 3. The first-order valence-electron chi connectivity index (χ1n) is 7.02. The van der Waals surface area contributed by atoms with E-state index in [9.17, 15) is 22.8 Å². The van der Waals surface area contributed by atoms with Crippen LogP contribution in [0.5, 0.6) is 0 Å². The van der Waals surface area contributed by atoms with Crippen molar-refractivity contribution in [2.24, 2.45) is 0 Å². The maximum absolute atomic E-state index is 13.3. The van der Waals surface area contributed by atoms with Crippen molar-refractivity contribution in [1.29, 1.82) is 0 Å². The summed E-state index contributed by atoms with van der Waals surface area (Å²) in [4.78, 5) is 24.6. The molecule has 0 spiro atoms. The summed E-state index contributed by atoms with van der Waals surface area (Å²) in [5.74, 6) is -1.38. The van der Waals surface area contributed by atoms with Crippen LogP contribution in [0.15, 0.2) is 22.9 Å². The number of hydrogen-bond donors (Lipinski definition) is 1. The van der Waals surface area contributed by atoms with Gasteiger partial charge in [-0.3, -0.25) is 15.0 Å². The van der Waals surface area contributed by atoms with Gasteiger partial charge in [0.15, 0.2) is 5.78 Å². The van der Waals surface area contributed by atoms with E-state index in [2.05, 4.69) is 5.43 Å². The van der Waals surface area contributed by atoms with E-state index in [0.717, 1.165) is 29.7 Å². The third-order valence-corrected chi connectivity index (χ3v) is 6.01. The quantitative estimate of drug-likeness (QED) is 0.561. The third-order valence-electron chi connectivity index (χ3n) is 3.40. The summed E-state index contributed by atoms with van der Waals surface area (Å²) in [5.41, 5.74) is 2.83. The first-order chi connectivity index (χ1) is 11.6. The molecular weight excluding hydrogens is 397 g/mol. The molecule has 0 aliphatic heterocycles. The number of halogens is 4. The molecule has 1 N–H and O–H groups in total. The predicted octanol–water partition coefficient (Wildman–Crippen LogP) is 4.55. The molecule has 1 unspecified atom stereocenters. The van der Waals surface area contributed by atoms with Gasteiger partial charge in [-0.15, -0.1) is 22.7 Å². The van der Waals surface area contributed by atoms with Crippen LogP contribution >= 0.6 is 34.3 Å². The molecule has 0 saturated heterocycles. The second-order valence-corrected chi connectivity index (χ2v) is 7.48. The van der Waals surface area contributed by atoms with Crippen LogP contribution in [0.3, 0.4) is 0 Å². The lowest BCUT2D eigenvalue weighted by molar-refractivity contribution is -0.184. The van der Waals surface area contributed by atoms with Crippen LogP contribution in [-0.4, -0.2) is 36.0 Å². The second kappa shape index (κ2) is 7.86.